The van der Waals surface area contributed by atoms with E-state index in [4.69, 9.17) is 0 Å². The second-order valence-electron chi connectivity index (χ2n) is 32.4. The van der Waals surface area contributed by atoms with Crippen molar-refractivity contribution in [2.45, 2.75) is 97.4 Å². The van der Waals surface area contributed by atoms with E-state index in [9.17, 15) is 79.5 Å². The zero-order valence-corrected chi connectivity index (χ0v) is 90.6. The van der Waals surface area contributed by atoms with E-state index in [2.05, 4.69) is 77.3 Å². The van der Waals surface area contributed by atoms with Crippen molar-refractivity contribution < 1.29 is 168 Å². The van der Waals surface area contributed by atoms with E-state index >= 15 is 0 Å². The number of fused-ring (bicyclic) bond motifs is 3. The molecule has 0 fully saturated rings. The molecule has 144 heavy (non-hydrogen) atoms. The van der Waals surface area contributed by atoms with Crippen molar-refractivity contribution in [2.75, 3.05) is 27.5 Å². The van der Waals surface area contributed by atoms with Gasteiger partial charge in [0.25, 0.3) is 0 Å². The van der Waals surface area contributed by atoms with E-state index in [1.54, 1.807) is 195 Å². The molecule has 0 amide bonds. The van der Waals surface area contributed by atoms with Gasteiger partial charge in [-0.2, -0.15) is 46.0 Å². The molecule has 33 nitrogen and oxygen atoms in total. The van der Waals surface area contributed by atoms with Crippen LogP contribution in [0.15, 0.2) is 388 Å². The summed E-state index contributed by atoms with van der Waals surface area (Å²) >= 11 is 0. The van der Waals surface area contributed by atoms with Crippen LogP contribution < -0.4 is 105 Å². The molecule has 0 aliphatic carbocycles. The van der Waals surface area contributed by atoms with E-state index in [1.165, 1.54) is 54.6 Å². The molecule has 0 aromatic heterocycles. The number of nitrogens with one attached hydrogen (secondary N) is 3. The predicted molar refractivity (Wildman–Crippen MR) is 540 cm³/mol. The number of azo groups is 6. The van der Waals surface area contributed by atoms with Crippen LogP contribution in [0.25, 0.3) is 32.3 Å². The van der Waals surface area contributed by atoms with Gasteiger partial charge in [0.1, 0.15) is 47.4 Å². The molecule has 42 heteroatoms. The molecule has 0 saturated carbocycles. The molecule has 0 heterocycles. The third-order valence-electron chi connectivity index (χ3n) is 22.1. The first kappa shape index (κ1) is 112. The Morgan fingerprint density at radius 2 is 0.493 bits per heavy atom. The Kier molecular flexibility index (Phi) is 37.1. The van der Waals surface area contributed by atoms with Crippen molar-refractivity contribution in [3.8, 4) is 17.2 Å². The van der Waals surface area contributed by atoms with E-state index in [0.29, 0.717) is 134 Å². The van der Waals surface area contributed by atoms with Gasteiger partial charge in [-0.15, -0.1) is 15.3 Å². The number of aryl methyl sites for hydroxylation is 7. The zero-order chi connectivity index (χ0) is 101. The molecule has 0 atom stereocenters. The van der Waals surface area contributed by atoms with Gasteiger partial charge in [0.05, 0.1) is 97.8 Å². The molecular formula is C102H88N15Na3O18S6. The maximum Gasteiger partial charge on any atom is 1.00 e. The molecular weight excluding hydrogens is 1980 g/mol. The minimum absolute atomic E-state index is 0. The van der Waals surface area contributed by atoms with Crippen molar-refractivity contribution in [1.29, 1.82) is 0 Å². The maximum atomic E-state index is 12.9. The second-order valence-corrected chi connectivity index (χ2v) is 43.0. The summed E-state index contributed by atoms with van der Waals surface area (Å²) in [5.41, 5.74) is 12.5. The topological polar surface area (TPSA) is 519 Å². The van der Waals surface area contributed by atoms with E-state index in [-0.39, 0.29) is 126 Å². The molecule has 16 rings (SSSR count). The molecule has 0 unspecified atom stereocenters. The van der Waals surface area contributed by atoms with Crippen LogP contribution in [0, 0.1) is 48.5 Å². The monoisotopic (exact) mass is 2070 g/mol. The van der Waals surface area contributed by atoms with Crippen LogP contribution in [0.5, 0.6) is 17.2 Å². The minimum atomic E-state index is -5.05. The molecule has 0 aliphatic rings. The molecule has 0 radical (unpaired) electrons. The van der Waals surface area contributed by atoms with Crippen LogP contribution in [0.2, 0.25) is 0 Å². The van der Waals surface area contributed by atoms with Crippen LogP contribution in [0.3, 0.4) is 0 Å². The largest absolute Gasteiger partial charge is 1.00 e. The Hall–Kier alpha value is -12.7. The van der Waals surface area contributed by atoms with Gasteiger partial charge in [-0.1, -0.05) is 98.3 Å². The summed E-state index contributed by atoms with van der Waals surface area (Å²) in [5.74, 6) is -1.59. The minimum Gasteiger partial charge on any atom is -0.744 e. The summed E-state index contributed by atoms with van der Waals surface area (Å²) in [7, 11) is -25.3. The van der Waals surface area contributed by atoms with Gasteiger partial charge in [-0.05, 0) is 322 Å². The summed E-state index contributed by atoms with van der Waals surface area (Å²) < 4.78 is 184. The van der Waals surface area contributed by atoms with Gasteiger partial charge in [0.15, 0.2) is 46.8 Å². The number of para-hydroxylation sites is 3. The summed E-state index contributed by atoms with van der Waals surface area (Å²) in [4.78, 5) is -1.51. The van der Waals surface area contributed by atoms with E-state index in [1.807, 2.05) is 110 Å². The first-order chi connectivity index (χ1) is 67.0. The van der Waals surface area contributed by atoms with Gasteiger partial charge < -0.3 is 44.9 Å². The Morgan fingerprint density at radius 3 is 0.729 bits per heavy atom. The fourth-order valence-electron chi connectivity index (χ4n) is 14.3. The Balaban J connectivity index is 0.000000204. The van der Waals surface area contributed by atoms with Crippen LogP contribution in [-0.4, -0.2) is 91.0 Å². The fraction of sp³-hybridized carbons (Fsp3) is 0.118. The van der Waals surface area contributed by atoms with Crippen LogP contribution in [0.1, 0.15) is 58.4 Å². The molecule has 0 aliphatic heterocycles. The van der Waals surface area contributed by atoms with Crippen LogP contribution in [0.4, 0.5) is 102 Å². The van der Waals surface area contributed by atoms with Crippen molar-refractivity contribution in [3.05, 3.63) is 342 Å². The normalized spacial score (nSPS) is 12.1. The third-order valence-corrected chi connectivity index (χ3v) is 29.9. The summed E-state index contributed by atoms with van der Waals surface area (Å²) in [6, 6.07) is 82.1. The smallest absolute Gasteiger partial charge is 0.744 e. The first-order valence-electron chi connectivity index (χ1n) is 43.1. The van der Waals surface area contributed by atoms with Crippen molar-refractivity contribution in [3.63, 3.8) is 0 Å². The molecule has 16 aromatic carbocycles. The van der Waals surface area contributed by atoms with Gasteiger partial charge in [-0.25, -0.2) is 50.5 Å². The van der Waals surface area contributed by atoms with Gasteiger partial charge >= 0.3 is 88.7 Å². The number of nitrogens with zero attached hydrogens (tertiary/aromatic N) is 12. The second kappa shape index (κ2) is 47.9. The number of phenolic OH excluding ortho intramolecular Hbond substituents is 3. The Labute approximate surface area is 898 Å². The van der Waals surface area contributed by atoms with Crippen LogP contribution >= 0.6 is 0 Å². The number of hydrogen-bond donors (Lipinski definition) is 6. The number of rotatable bonds is 28. The molecule has 0 bridgehead atoms. The number of benzene rings is 16. The number of sulfone groups is 3. The average molecular weight is 2070 g/mol. The van der Waals surface area contributed by atoms with E-state index < -0.39 is 109 Å². The van der Waals surface area contributed by atoms with Gasteiger partial charge in [0.2, 0.25) is 0 Å². The maximum absolute atomic E-state index is 12.9. The summed E-state index contributed by atoms with van der Waals surface area (Å²) in [6.07, 6.45) is 0. The number of anilines is 6. The molecule has 0 spiro atoms. The molecule has 16 aromatic rings. The number of aromatic hydroxyl groups is 3. The zero-order valence-electron chi connectivity index (χ0n) is 79.7. The van der Waals surface area contributed by atoms with Crippen molar-refractivity contribution in [2.24, 2.45) is 61.4 Å². The quantitative estimate of drug-likeness (QED) is 0.0151. The first-order valence-corrected chi connectivity index (χ1v) is 52.3. The Bertz CT molecular complexity index is 8180. The molecule has 6 N–H and O–H groups in total. The molecule has 0 saturated heterocycles. The number of phenols is 3. The summed E-state index contributed by atoms with van der Waals surface area (Å²) in [6.45, 7) is 15.6. The van der Waals surface area contributed by atoms with Crippen molar-refractivity contribution >= 4 is 195 Å². The fourth-order valence-corrected chi connectivity index (χ4v) is 19.4. The average Bonchev–Trinajstić information content (AvgIpc) is 0.768. The van der Waals surface area contributed by atoms with Gasteiger partial charge in [0, 0.05) is 50.3 Å². The third kappa shape index (κ3) is 28.1. The molecule has 718 valence electrons. The SMILES string of the molecule is CCS(=O)(=O)c1ccc(N=Nc2cc(C)c(N=Nc3c(S(=O)(=O)[O-])cc4cc(Nc5ccccc5)ccc4c3O)cc2C)cc1.CCS(=O)(=O)c1ccc(N=Nc2cc(C)c(N=Nc3c(S(=O)(=O)[O-])cc4cc(Nc5ccccc5)ccc4c3O)cc2C)cc1.Cc1ccc(CS(=O)(=O)c2ccc(N=Nc3cc(C)c(N=Nc4c(S(=O)(=O)[O-])cc5cc(Nc6ccccc6)ccc5c4O)cc3C)cc2)cc1.[Na+].[Na+].[Na+]. The predicted octanol–water partition coefficient (Wildman–Crippen LogP) is 17.8. The standard InChI is InChI=1S/C38H33N5O6S2.2C32H29N5O6S2.3Na/c1-24-9-11-27(12-10-24)23-50(45,46)32-16-13-30(14-17-32)40-41-34-19-26(3)35(20-25(34)2)42-43-37-36(51(47,48)49)22-28-21-31(15-18-33(28)38(37)44)39-29-7-5-4-6-8-29;2*1-4-44(39,40)26-13-10-24(11-14-26)34-35-28-16-21(3)29(17-20(28)2)36-37-31-30(45(41,42)43)19-22-18-25(12-15-27(22)32(31)38)33-23-8-6-5-7-9-23;;;/h4-22,39,44H,23H2,1-3H3,(H,47,48,49);2*5-19,33,38H,4H2,1-3H3,(H,41,42,43);;;/q;;;3*+1/p-3. The van der Waals surface area contributed by atoms with Gasteiger partial charge in [-0.3, -0.25) is 0 Å². The number of hydrogen-bond acceptors (Lipinski definition) is 33. The van der Waals surface area contributed by atoms with E-state index in [0.717, 1.165) is 22.6 Å². The van der Waals surface area contributed by atoms with Crippen LogP contribution in [-0.2, 0) is 65.6 Å². The summed E-state index contributed by atoms with van der Waals surface area (Å²) in [5, 5.41) is 94.7. The van der Waals surface area contributed by atoms with Crippen molar-refractivity contribution in [1.82, 2.24) is 0 Å². The Morgan fingerprint density at radius 1 is 0.257 bits per heavy atom.